The van der Waals surface area contributed by atoms with Gasteiger partial charge in [0.15, 0.2) is 0 Å². The smallest absolute Gasteiger partial charge is 0.428 e. The number of hydrogen-bond donors (Lipinski definition) is 1. The monoisotopic (exact) mass is 465 g/mol. The van der Waals surface area contributed by atoms with Gasteiger partial charge in [-0.25, -0.2) is 13.1 Å². The topological polar surface area (TPSA) is 73.9 Å². The number of alkyl halides is 4. The van der Waals surface area contributed by atoms with Crippen molar-refractivity contribution in [2.45, 2.75) is 25.0 Å². The van der Waals surface area contributed by atoms with Crippen LogP contribution in [-0.4, -0.2) is 47.2 Å². The Morgan fingerprint density at radius 2 is 1.71 bits per heavy atom. The summed E-state index contributed by atoms with van der Waals surface area (Å²) >= 11 is 0. The Bertz CT molecular complexity index is 913. The van der Waals surface area contributed by atoms with Crippen LogP contribution in [0.1, 0.15) is 23.6 Å². The van der Waals surface area contributed by atoms with Crippen molar-refractivity contribution >= 4 is 10.0 Å². The molecule has 2 aromatic rings. The first kappa shape index (κ1) is 25.1. The lowest BCUT2D eigenvalue weighted by molar-refractivity contribution is -0.253. The van der Waals surface area contributed by atoms with Crippen molar-refractivity contribution in [3.63, 3.8) is 0 Å². The van der Waals surface area contributed by atoms with Crippen LogP contribution in [0.15, 0.2) is 54.6 Å². The molecule has 1 unspecified atom stereocenters. The van der Waals surface area contributed by atoms with Crippen LogP contribution >= 0.6 is 0 Å². The largest absolute Gasteiger partial charge is 0.461 e. The SMILES string of the molecule is COCOCCCS(=O)(=O)NC(c1ccccc1)c1cccc(OC(F)(F)C(F)F)c1. The van der Waals surface area contributed by atoms with Crippen molar-refractivity contribution in [2.75, 3.05) is 26.3 Å². The molecule has 0 heterocycles. The van der Waals surface area contributed by atoms with E-state index in [0.29, 0.717) is 5.56 Å². The van der Waals surface area contributed by atoms with Crippen LogP contribution in [-0.2, 0) is 19.5 Å². The van der Waals surface area contributed by atoms with Crippen LogP contribution in [0.2, 0.25) is 0 Å². The Labute approximate surface area is 178 Å². The maximum Gasteiger partial charge on any atom is 0.461 e. The van der Waals surface area contributed by atoms with Gasteiger partial charge in [-0.2, -0.15) is 17.6 Å². The van der Waals surface area contributed by atoms with Gasteiger partial charge >= 0.3 is 12.5 Å². The standard InChI is InChI=1S/C20H23F4NO5S/c1-28-14-29-11-6-12-31(26,27)25-18(15-7-3-2-4-8-15)16-9-5-10-17(13-16)30-20(23,24)19(21)22/h2-5,7-10,13,18-19,25H,6,11-12,14H2,1H3. The summed E-state index contributed by atoms with van der Waals surface area (Å²) in [6, 6.07) is 12.4. The summed E-state index contributed by atoms with van der Waals surface area (Å²) in [5.41, 5.74) is 0.771. The minimum Gasteiger partial charge on any atom is -0.428 e. The highest BCUT2D eigenvalue weighted by atomic mass is 32.2. The van der Waals surface area contributed by atoms with E-state index in [1.165, 1.54) is 19.2 Å². The molecule has 31 heavy (non-hydrogen) atoms. The number of ether oxygens (including phenoxy) is 3. The second kappa shape index (κ2) is 11.4. The Morgan fingerprint density at radius 1 is 1.03 bits per heavy atom. The Morgan fingerprint density at radius 3 is 2.35 bits per heavy atom. The van der Waals surface area contributed by atoms with Crippen molar-refractivity contribution in [1.82, 2.24) is 4.72 Å². The van der Waals surface area contributed by atoms with Crippen LogP contribution in [0.3, 0.4) is 0 Å². The first-order valence-corrected chi connectivity index (χ1v) is 10.9. The van der Waals surface area contributed by atoms with Gasteiger partial charge < -0.3 is 14.2 Å². The molecule has 0 saturated carbocycles. The van der Waals surface area contributed by atoms with E-state index in [-0.39, 0.29) is 31.1 Å². The van der Waals surface area contributed by atoms with E-state index in [0.717, 1.165) is 12.1 Å². The van der Waals surface area contributed by atoms with E-state index in [2.05, 4.69) is 9.46 Å². The molecule has 0 bridgehead atoms. The van der Waals surface area contributed by atoms with E-state index in [1.807, 2.05) is 0 Å². The number of rotatable bonds is 13. The average Bonchev–Trinajstić information content (AvgIpc) is 2.72. The molecular weight excluding hydrogens is 442 g/mol. The molecule has 0 aromatic heterocycles. The van der Waals surface area contributed by atoms with Gasteiger partial charge in [0.2, 0.25) is 10.0 Å². The zero-order chi connectivity index (χ0) is 22.9. The molecule has 1 N–H and O–H groups in total. The maximum atomic E-state index is 13.3. The fourth-order valence-electron chi connectivity index (χ4n) is 2.67. The predicted octanol–water partition coefficient (Wildman–Crippen LogP) is 3.94. The minimum atomic E-state index is -4.68. The first-order valence-electron chi connectivity index (χ1n) is 9.21. The number of sulfonamides is 1. The lowest BCUT2D eigenvalue weighted by Gasteiger charge is -2.22. The summed E-state index contributed by atoms with van der Waals surface area (Å²) in [6.45, 7) is 0.201. The van der Waals surface area contributed by atoms with Gasteiger partial charge in [0.05, 0.1) is 18.4 Å². The third kappa shape index (κ3) is 8.09. The van der Waals surface area contributed by atoms with Crippen molar-refractivity contribution in [2.24, 2.45) is 0 Å². The summed E-state index contributed by atoms with van der Waals surface area (Å²) in [6.07, 6.45) is -8.49. The van der Waals surface area contributed by atoms with Crippen LogP contribution in [0.5, 0.6) is 5.75 Å². The summed E-state index contributed by atoms with van der Waals surface area (Å²) in [7, 11) is -2.36. The highest BCUT2D eigenvalue weighted by Crippen LogP contribution is 2.31. The van der Waals surface area contributed by atoms with E-state index in [4.69, 9.17) is 9.47 Å². The number of halogens is 4. The van der Waals surface area contributed by atoms with E-state index in [1.54, 1.807) is 30.3 Å². The highest BCUT2D eigenvalue weighted by molar-refractivity contribution is 7.89. The second-order valence-corrected chi connectivity index (χ2v) is 8.36. The van der Waals surface area contributed by atoms with Crippen LogP contribution in [0.25, 0.3) is 0 Å². The van der Waals surface area contributed by atoms with Crippen molar-refractivity contribution < 1.29 is 40.2 Å². The van der Waals surface area contributed by atoms with Crippen molar-refractivity contribution in [3.8, 4) is 5.75 Å². The van der Waals surface area contributed by atoms with Gasteiger partial charge in [0, 0.05) is 7.11 Å². The van der Waals surface area contributed by atoms with Gasteiger partial charge in [0.25, 0.3) is 0 Å². The second-order valence-electron chi connectivity index (χ2n) is 6.49. The molecule has 2 rings (SSSR count). The third-order valence-corrected chi connectivity index (χ3v) is 5.45. The Balaban J connectivity index is 2.24. The maximum absolute atomic E-state index is 13.3. The summed E-state index contributed by atoms with van der Waals surface area (Å²) in [5, 5.41) is 0. The number of hydrogen-bond acceptors (Lipinski definition) is 5. The Hall–Kier alpha value is -2.21. The van der Waals surface area contributed by atoms with Crippen LogP contribution in [0.4, 0.5) is 17.6 Å². The quantitative estimate of drug-likeness (QED) is 0.276. The first-order chi connectivity index (χ1) is 14.6. The van der Waals surface area contributed by atoms with Crippen molar-refractivity contribution in [3.05, 3.63) is 65.7 Å². The average molecular weight is 465 g/mol. The molecule has 6 nitrogen and oxygen atoms in total. The van der Waals surface area contributed by atoms with Crippen molar-refractivity contribution in [1.29, 1.82) is 0 Å². The number of methoxy groups -OCH3 is 1. The molecule has 0 fully saturated rings. The van der Waals surface area contributed by atoms with Crippen LogP contribution < -0.4 is 9.46 Å². The molecule has 0 aliphatic carbocycles. The number of nitrogens with one attached hydrogen (secondary N) is 1. The van der Waals surface area contributed by atoms with Gasteiger partial charge in [-0.05, 0) is 29.7 Å². The van der Waals surface area contributed by atoms with Gasteiger partial charge in [0.1, 0.15) is 12.5 Å². The molecule has 0 radical (unpaired) electrons. The van der Waals surface area contributed by atoms with E-state index >= 15 is 0 Å². The van der Waals surface area contributed by atoms with E-state index in [9.17, 15) is 26.0 Å². The molecule has 172 valence electrons. The zero-order valence-electron chi connectivity index (χ0n) is 16.6. The molecule has 0 aliphatic heterocycles. The predicted molar refractivity (Wildman–Crippen MR) is 106 cm³/mol. The van der Waals surface area contributed by atoms with Gasteiger partial charge in [-0.15, -0.1) is 0 Å². The van der Waals surface area contributed by atoms with Gasteiger partial charge in [-0.1, -0.05) is 42.5 Å². The molecule has 1 atom stereocenters. The molecule has 2 aromatic carbocycles. The molecule has 0 saturated heterocycles. The molecule has 11 heteroatoms. The summed E-state index contributed by atoms with van der Waals surface area (Å²) in [5.74, 6) is -0.768. The fourth-order valence-corrected chi connectivity index (χ4v) is 3.91. The fraction of sp³-hybridized carbons (Fsp3) is 0.400. The summed E-state index contributed by atoms with van der Waals surface area (Å²) in [4.78, 5) is 0. The lowest BCUT2D eigenvalue weighted by Crippen LogP contribution is -2.34. The summed E-state index contributed by atoms with van der Waals surface area (Å²) < 4.78 is 93.1. The molecule has 0 amide bonds. The molecule has 0 spiro atoms. The van der Waals surface area contributed by atoms with E-state index < -0.39 is 34.3 Å². The Kier molecular flexibility index (Phi) is 9.23. The van der Waals surface area contributed by atoms with Gasteiger partial charge in [-0.3, -0.25) is 0 Å². The normalized spacial score (nSPS) is 13.4. The van der Waals surface area contributed by atoms with Crippen LogP contribution in [0, 0.1) is 0 Å². The third-order valence-electron chi connectivity index (χ3n) is 4.03. The lowest BCUT2D eigenvalue weighted by atomic mass is 9.99. The zero-order valence-corrected chi connectivity index (χ0v) is 17.5. The molecule has 0 aliphatic rings. The minimum absolute atomic E-state index is 0.0379. The number of benzene rings is 2. The highest BCUT2D eigenvalue weighted by Gasteiger charge is 2.44. The molecular formula is C20H23F4NO5S.